The highest BCUT2D eigenvalue weighted by Gasteiger charge is 2.32. The molecule has 2 N–H and O–H groups in total. The molecule has 0 aromatic heterocycles. The fourth-order valence-corrected chi connectivity index (χ4v) is 2.98. The van der Waals surface area contributed by atoms with E-state index in [9.17, 15) is 4.79 Å². The minimum atomic E-state index is -0.300. The lowest BCUT2D eigenvalue weighted by Gasteiger charge is -2.16. The molecule has 2 aliphatic heterocycles. The largest absolute Gasteiger partial charge is 0.444 e. The van der Waals surface area contributed by atoms with Gasteiger partial charge < -0.3 is 10.5 Å². The molecular formula is C13H15N3O2S. The van der Waals surface area contributed by atoms with E-state index in [0.29, 0.717) is 19.5 Å². The summed E-state index contributed by atoms with van der Waals surface area (Å²) in [6, 6.07) is 5.89. The lowest BCUT2D eigenvalue weighted by molar-refractivity contribution is 0.138. The zero-order chi connectivity index (χ0) is 13.2. The van der Waals surface area contributed by atoms with Crippen molar-refractivity contribution >= 4 is 35.4 Å². The summed E-state index contributed by atoms with van der Waals surface area (Å²) in [6.45, 7) is 1.09. The van der Waals surface area contributed by atoms with Gasteiger partial charge in [-0.3, -0.25) is 9.89 Å². The first-order valence-electron chi connectivity index (χ1n) is 6.25. The Kier molecular flexibility index (Phi) is 3.44. The summed E-state index contributed by atoms with van der Waals surface area (Å²) in [5, 5.41) is 0. The van der Waals surface area contributed by atoms with Crippen LogP contribution in [-0.4, -0.2) is 37.3 Å². The summed E-state index contributed by atoms with van der Waals surface area (Å²) in [4.78, 5) is 19.0. The second kappa shape index (κ2) is 5.22. The molecule has 1 amide bonds. The number of benzene rings is 1. The van der Waals surface area contributed by atoms with Crippen LogP contribution < -0.4 is 10.6 Å². The minimum absolute atomic E-state index is 0.105. The van der Waals surface area contributed by atoms with Crippen LogP contribution in [0, 0.1) is 0 Å². The average molecular weight is 277 g/mol. The first-order chi connectivity index (χ1) is 9.28. The number of ether oxygens (including phenoxy) is 1. The Morgan fingerprint density at radius 2 is 2.42 bits per heavy atom. The lowest BCUT2D eigenvalue weighted by atomic mass is 10.2. The zero-order valence-electron chi connectivity index (χ0n) is 10.4. The van der Waals surface area contributed by atoms with E-state index in [1.807, 2.05) is 24.4 Å². The number of hydrogen-bond acceptors (Lipinski definition) is 5. The van der Waals surface area contributed by atoms with Gasteiger partial charge in [0.2, 0.25) is 0 Å². The Bertz CT molecular complexity index is 533. The number of rotatable bonds is 3. The van der Waals surface area contributed by atoms with Gasteiger partial charge in [0.1, 0.15) is 6.10 Å². The molecule has 1 aromatic carbocycles. The number of nitrogens with two attached hydrogens (primary N) is 1. The molecule has 1 atom stereocenters. The summed E-state index contributed by atoms with van der Waals surface area (Å²) in [5.74, 6) is 0.899. The molecule has 0 spiro atoms. The van der Waals surface area contributed by atoms with Crippen molar-refractivity contribution in [1.29, 1.82) is 0 Å². The SMILES string of the molecule is NCCC1CN(c2ccc3c(c2)N=CCS3)C(=O)O1. The molecule has 1 saturated heterocycles. The average Bonchev–Trinajstić information content (AvgIpc) is 2.79. The summed E-state index contributed by atoms with van der Waals surface area (Å²) in [7, 11) is 0. The number of carbonyl (C=O) groups is 1. The van der Waals surface area contributed by atoms with Gasteiger partial charge in [0.05, 0.1) is 12.2 Å². The van der Waals surface area contributed by atoms with Crippen LogP contribution in [0.2, 0.25) is 0 Å². The number of thioether (sulfide) groups is 1. The quantitative estimate of drug-likeness (QED) is 0.919. The molecular weight excluding hydrogens is 262 g/mol. The summed E-state index contributed by atoms with van der Waals surface area (Å²) in [5.41, 5.74) is 7.25. The maximum atomic E-state index is 11.8. The van der Waals surface area contributed by atoms with Gasteiger partial charge in [0.25, 0.3) is 0 Å². The number of cyclic esters (lactones) is 1. The molecule has 0 bridgehead atoms. The van der Waals surface area contributed by atoms with Crippen LogP contribution in [0.3, 0.4) is 0 Å². The topological polar surface area (TPSA) is 67.9 Å². The Labute approximate surface area is 115 Å². The second-order valence-electron chi connectivity index (χ2n) is 4.47. The third-order valence-electron chi connectivity index (χ3n) is 3.16. The van der Waals surface area contributed by atoms with Crippen molar-refractivity contribution in [3.05, 3.63) is 18.2 Å². The number of carbonyl (C=O) groups excluding carboxylic acids is 1. The molecule has 0 saturated carbocycles. The Balaban J connectivity index is 1.83. The molecule has 19 heavy (non-hydrogen) atoms. The van der Waals surface area contributed by atoms with Crippen LogP contribution in [0.4, 0.5) is 16.2 Å². The highest BCUT2D eigenvalue weighted by Crippen LogP contribution is 2.36. The van der Waals surface area contributed by atoms with Crippen molar-refractivity contribution in [3.8, 4) is 0 Å². The molecule has 2 aliphatic rings. The van der Waals surface area contributed by atoms with E-state index >= 15 is 0 Å². The first kappa shape index (κ1) is 12.5. The third-order valence-corrected chi connectivity index (χ3v) is 4.13. The zero-order valence-corrected chi connectivity index (χ0v) is 11.2. The molecule has 1 aromatic rings. The van der Waals surface area contributed by atoms with Gasteiger partial charge in [0, 0.05) is 22.6 Å². The van der Waals surface area contributed by atoms with Crippen molar-refractivity contribution in [1.82, 2.24) is 0 Å². The van der Waals surface area contributed by atoms with E-state index in [2.05, 4.69) is 4.99 Å². The van der Waals surface area contributed by atoms with Crippen LogP contribution in [-0.2, 0) is 4.74 Å². The van der Waals surface area contributed by atoms with E-state index in [1.54, 1.807) is 16.7 Å². The Morgan fingerprint density at radius 3 is 3.26 bits per heavy atom. The van der Waals surface area contributed by atoms with Gasteiger partial charge in [0.15, 0.2) is 0 Å². The van der Waals surface area contributed by atoms with Gasteiger partial charge in [-0.05, 0) is 31.2 Å². The molecule has 3 rings (SSSR count). The maximum Gasteiger partial charge on any atom is 0.414 e. The molecule has 1 fully saturated rings. The third kappa shape index (κ3) is 2.46. The molecule has 0 radical (unpaired) electrons. The van der Waals surface area contributed by atoms with Crippen molar-refractivity contribution in [2.45, 2.75) is 17.4 Å². The fourth-order valence-electron chi connectivity index (χ4n) is 2.23. The van der Waals surface area contributed by atoms with Gasteiger partial charge >= 0.3 is 6.09 Å². The van der Waals surface area contributed by atoms with Gasteiger partial charge in [-0.15, -0.1) is 11.8 Å². The smallest absolute Gasteiger partial charge is 0.414 e. The van der Waals surface area contributed by atoms with Gasteiger partial charge in [-0.2, -0.15) is 0 Å². The highest BCUT2D eigenvalue weighted by atomic mass is 32.2. The van der Waals surface area contributed by atoms with Crippen molar-refractivity contribution in [3.63, 3.8) is 0 Å². The van der Waals surface area contributed by atoms with Crippen LogP contribution >= 0.6 is 11.8 Å². The Morgan fingerprint density at radius 1 is 1.53 bits per heavy atom. The van der Waals surface area contributed by atoms with E-state index in [1.165, 1.54) is 0 Å². The summed E-state index contributed by atoms with van der Waals surface area (Å²) < 4.78 is 5.28. The van der Waals surface area contributed by atoms with Crippen LogP contribution in [0.5, 0.6) is 0 Å². The number of fused-ring (bicyclic) bond motifs is 1. The van der Waals surface area contributed by atoms with E-state index in [-0.39, 0.29) is 12.2 Å². The maximum absolute atomic E-state index is 11.8. The number of hydrogen-bond donors (Lipinski definition) is 1. The number of amides is 1. The lowest BCUT2D eigenvalue weighted by Crippen LogP contribution is -2.25. The van der Waals surface area contributed by atoms with Crippen molar-refractivity contribution < 1.29 is 9.53 Å². The van der Waals surface area contributed by atoms with E-state index in [4.69, 9.17) is 10.5 Å². The monoisotopic (exact) mass is 277 g/mol. The molecule has 5 nitrogen and oxygen atoms in total. The normalized spacial score (nSPS) is 21.4. The molecule has 0 aliphatic carbocycles. The Hall–Kier alpha value is -1.53. The minimum Gasteiger partial charge on any atom is -0.444 e. The standard InChI is InChI=1S/C13H15N3O2S/c14-4-3-10-8-16(13(17)18-10)9-1-2-12-11(7-9)15-5-6-19-12/h1-2,5,7,10H,3-4,6,8,14H2. The van der Waals surface area contributed by atoms with Gasteiger partial charge in [-0.25, -0.2) is 4.79 Å². The molecule has 1 unspecified atom stereocenters. The van der Waals surface area contributed by atoms with Gasteiger partial charge in [-0.1, -0.05) is 0 Å². The van der Waals surface area contributed by atoms with Crippen LogP contribution in [0.15, 0.2) is 28.1 Å². The highest BCUT2D eigenvalue weighted by molar-refractivity contribution is 8.00. The summed E-state index contributed by atoms with van der Waals surface area (Å²) in [6.07, 6.45) is 2.18. The van der Waals surface area contributed by atoms with E-state index in [0.717, 1.165) is 22.0 Å². The second-order valence-corrected chi connectivity index (χ2v) is 5.53. The predicted molar refractivity (Wildman–Crippen MR) is 76.6 cm³/mol. The van der Waals surface area contributed by atoms with Crippen molar-refractivity contribution in [2.24, 2.45) is 10.7 Å². The molecule has 6 heteroatoms. The van der Waals surface area contributed by atoms with E-state index < -0.39 is 0 Å². The predicted octanol–water partition coefficient (Wildman–Crippen LogP) is 2.17. The molecule has 100 valence electrons. The fraction of sp³-hybridized carbons (Fsp3) is 0.385. The summed E-state index contributed by atoms with van der Waals surface area (Å²) >= 11 is 1.75. The van der Waals surface area contributed by atoms with Crippen molar-refractivity contribution in [2.75, 3.05) is 23.7 Å². The first-order valence-corrected chi connectivity index (χ1v) is 7.24. The van der Waals surface area contributed by atoms with Crippen LogP contribution in [0.25, 0.3) is 0 Å². The molecule has 2 heterocycles. The number of anilines is 1. The van der Waals surface area contributed by atoms with Crippen LogP contribution in [0.1, 0.15) is 6.42 Å². The number of nitrogens with zero attached hydrogens (tertiary/aromatic N) is 2. The number of aliphatic imine (C=N–C) groups is 1.